The second-order valence-electron chi connectivity index (χ2n) is 5.01. The van der Waals surface area contributed by atoms with Gasteiger partial charge >= 0.3 is 0 Å². The summed E-state index contributed by atoms with van der Waals surface area (Å²) >= 11 is 6.08. The summed E-state index contributed by atoms with van der Waals surface area (Å²) in [4.78, 5) is 0.0838. The second-order valence-corrected chi connectivity index (χ2v) is 7.19. The zero-order valence-corrected chi connectivity index (χ0v) is 13.6. The Morgan fingerprint density at radius 3 is 2.48 bits per heavy atom. The average molecular weight is 351 g/mol. The number of hydrogen-bond donors (Lipinski definition) is 0. The van der Waals surface area contributed by atoms with Crippen molar-refractivity contribution in [3.05, 3.63) is 71.1 Å². The minimum absolute atomic E-state index is 0.0838. The van der Waals surface area contributed by atoms with E-state index in [4.69, 9.17) is 11.6 Å². The number of nitrogens with zero attached hydrogens (tertiary/aromatic N) is 2. The van der Waals surface area contributed by atoms with Crippen LogP contribution >= 0.6 is 11.6 Å². The van der Waals surface area contributed by atoms with Crippen LogP contribution in [0.25, 0.3) is 11.3 Å². The summed E-state index contributed by atoms with van der Waals surface area (Å²) in [6.07, 6.45) is 1.23. The molecule has 0 radical (unpaired) electrons. The number of aryl methyl sites for hydroxylation is 1. The van der Waals surface area contributed by atoms with Gasteiger partial charge in [0.2, 0.25) is 0 Å². The van der Waals surface area contributed by atoms with E-state index in [9.17, 15) is 12.8 Å². The van der Waals surface area contributed by atoms with Gasteiger partial charge in [0.1, 0.15) is 11.5 Å². The molecule has 0 saturated heterocycles. The van der Waals surface area contributed by atoms with E-state index >= 15 is 0 Å². The van der Waals surface area contributed by atoms with E-state index in [1.54, 1.807) is 18.2 Å². The van der Waals surface area contributed by atoms with E-state index in [0.717, 1.165) is 9.65 Å². The molecule has 2 aromatic carbocycles. The summed E-state index contributed by atoms with van der Waals surface area (Å²) in [5.41, 5.74) is 1.41. The molecule has 0 aliphatic heterocycles. The van der Waals surface area contributed by atoms with Crippen molar-refractivity contribution in [3.63, 3.8) is 0 Å². The van der Waals surface area contributed by atoms with Gasteiger partial charge in [-0.05, 0) is 31.2 Å². The Morgan fingerprint density at radius 2 is 1.83 bits per heavy atom. The molecule has 0 aliphatic carbocycles. The number of rotatable bonds is 3. The van der Waals surface area contributed by atoms with Crippen molar-refractivity contribution in [1.82, 2.24) is 9.19 Å². The second kappa shape index (κ2) is 5.79. The SMILES string of the molecule is Cc1ccc(S(=O)(=O)n2ncc(Cl)c2-c2cccc(F)c2)cc1. The van der Waals surface area contributed by atoms with Gasteiger partial charge in [-0.15, -0.1) is 0 Å². The summed E-state index contributed by atoms with van der Waals surface area (Å²) in [6.45, 7) is 1.86. The van der Waals surface area contributed by atoms with E-state index in [1.807, 2.05) is 6.92 Å². The fourth-order valence-corrected chi connectivity index (χ4v) is 3.77. The molecule has 0 spiro atoms. The predicted octanol–water partition coefficient (Wildman–Crippen LogP) is 3.89. The molecule has 0 atom stereocenters. The smallest absolute Gasteiger partial charge is 0.207 e. The lowest BCUT2D eigenvalue weighted by molar-refractivity contribution is 0.580. The summed E-state index contributed by atoms with van der Waals surface area (Å²) in [5, 5.41) is 4.00. The molecule has 1 heterocycles. The highest BCUT2D eigenvalue weighted by Crippen LogP contribution is 2.31. The van der Waals surface area contributed by atoms with Gasteiger partial charge < -0.3 is 0 Å². The van der Waals surface area contributed by atoms with E-state index in [-0.39, 0.29) is 15.6 Å². The quantitative estimate of drug-likeness (QED) is 0.720. The molecule has 3 aromatic rings. The zero-order valence-electron chi connectivity index (χ0n) is 12.1. The van der Waals surface area contributed by atoms with Gasteiger partial charge in [-0.2, -0.15) is 17.6 Å². The fourth-order valence-electron chi connectivity index (χ4n) is 2.19. The summed E-state index contributed by atoms with van der Waals surface area (Å²) in [6, 6.07) is 11.9. The van der Waals surface area contributed by atoms with Crippen molar-refractivity contribution < 1.29 is 12.8 Å². The Labute approximate surface area is 138 Å². The van der Waals surface area contributed by atoms with Crippen LogP contribution in [0, 0.1) is 12.7 Å². The van der Waals surface area contributed by atoms with Gasteiger partial charge in [0.05, 0.1) is 16.1 Å². The minimum Gasteiger partial charge on any atom is -0.207 e. The lowest BCUT2D eigenvalue weighted by Crippen LogP contribution is -2.15. The lowest BCUT2D eigenvalue weighted by Gasteiger charge is -2.10. The average Bonchev–Trinajstić information content (AvgIpc) is 2.90. The van der Waals surface area contributed by atoms with Crippen LogP contribution in [0.5, 0.6) is 0 Å². The normalized spacial score (nSPS) is 11.6. The molecule has 0 bridgehead atoms. The van der Waals surface area contributed by atoms with E-state index < -0.39 is 15.8 Å². The molecule has 0 saturated carbocycles. The third-order valence-corrected chi connectivity index (χ3v) is 5.21. The Kier molecular flexibility index (Phi) is 3.95. The van der Waals surface area contributed by atoms with Crippen molar-refractivity contribution >= 4 is 21.6 Å². The van der Waals surface area contributed by atoms with Gasteiger partial charge in [-0.1, -0.05) is 41.4 Å². The Balaban J connectivity index is 2.20. The summed E-state index contributed by atoms with van der Waals surface area (Å²) < 4.78 is 39.9. The summed E-state index contributed by atoms with van der Waals surface area (Å²) in [7, 11) is -3.93. The first-order chi connectivity index (χ1) is 10.9. The van der Waals surface area contributed by atoms with Gasteiger partial charge in [0, 0.05) is 5.56 Å². The zero-order chi connectivity index (χ0) is 16.6. The first-order valence-corrected chi connectivity index (χ1v) is 8.53. The van der Waals surface area contributed by atoms with Gasteiger partial charge in [-0.25, -0.2) is 4.39 Å². The number of halogens is 2. The Morgan fingerprint density at radius 1 is 1.13 bits per heavy atom. The van der Waals surface area contributed by atoms with Crippen LogP contribution in [-0.2, 0) is 10.0 Å². The van der Waals surface area contributed by atoms with Crippen molar-refractivity contribution in [1.29, 1.82) is 0 Å². The Hall–Kier alpha value is -2.18. The van der Waals surface area contributed by atoms with Crippen LogP contribution in [0.15, 0.2) is 59.6 Å². The number of benzene rings is 2. The topological polar surface area (TPSA) is 52.0 Å². The van der Waals surface area contributed by atoms with Gasteiger partial charge in [0.25, 0.3) is 10.0 Å². The van der Waals surface area contributed by atoms with Crippen molar-refractivity contribution in [2.75, 3.05) is 0 Å². The maximum atomic E-state index is 13.5. The first kappa shape index (κ1) is 15.7. The molecule has 4 nitrogen and oxygen atoms in total. The predicted molar refractivity (Wildman–Crippen MR) is 86.4 cm³/mol. The van der Waals surface area contributed by atoms with Crippen molar-refractivity contribution in [2.24, 2.45) is 0 Å². The highest BCUT2D eigenvalue weighted by atomic mass is 35.5. The molecule has 0 fully saturated rings. The van der Waals surface area contributed by atoms with E-state index in [0.29, 0.717) is 5.56 Å². The molecule has 23 heavy (non-hydrogen) atoms. The maximum absolute atomic E-state index is 13.5. The van der Waals surface area contributed by atoms with Crippen LogP contribution in [0.2, 0.25) is 5.02 Å². The first-order valence-electron chi connectivity index (χ1n) is 6.71. The standard InChI is InChI=1S/C16H12ClFN2O2S/c1-11-5-7-14(8-6-11)23(21,22)20-16(15(17)10-19-20)12-3-2-4-13(18)9-12/h2-10H,1H3. The van der Waals surface area contributed by atoms with Crippen LogP contribution in [0.3, 0.4) is 0 Å². The molecular weight excluding hydrogens is 339 g/mol. The number of hydrogen-bond acceptors (Lipinski definition) is 3. The molecular formula is C16H12ClFN2O2S. The molecule has 118 valence electrons. The molecule has 1 aromatic heterocycles. The largest absolute Gasteiger partial charge is 0.283 e. The fraction of sp³-hybridized carbons (Fsp3) is 0.0625. The van der Waals surface area contributed by atoms with Crippen LogP contribution < -0.4 is 0 Å². The van der Waals surface area contributed by atoms with E-state index in [2.05, 4.69) is 5.10 Å². The van der Waals surface area contributed by atoms with Crippen molar-refractivity contribution in [2.45, 2.75) is 11.8 Å². The number of aromatic nitrogens is 2. The molecule has 0 N–H and O–H groups in total. The van der Waals surface area contributed by atoms with Crippen molar-refractivity contribution in [3.8, 4) is 11.3 Å². The van der Waals surface area contributed by atoms with Gasteiger partial charge in [0.15, 0.2) is 0 Å². The minimum atomic E-state index is -3.93. The third-order valence-electron chi connectivity index (χ3n) is 3.34. The van der Waals surface area contributed by atoms with E-state index in [1.165, 1.54) is 36.5 Å². The molecule has 3 rings (SSSR count). The molecule has 0 amide bonds. The van der Waals surface area contributed by atoms with Crippen LogP contribution in [0.1, 0.15) is 5.56 Å². The Bertz CT molecular complexity index is 966. The summed E-state index contributed by atoms with van der Waals surface area (Å²) in [5.74, 6) is -0.487. The highest BCUT2D eigenvalue weighted by Gasteiger charge is 2.24. The maximum Gasteiger partial charge on any atom is 0.283 e. The molecule has 0 unspecified atom stereocenters. The molecule has 0 aliphatic rings. The highest BCUT2D eigenvalue weighted by molar-refractivity contribution is 7.90. The lowest BCUT2D eigenvalue weighted by atomic mass is 10.1. The third kappa shape index (κ3) is 2.87. The van der Waals surface area contributed by atoms with Crippen LogP contribution in [0.4, 0.5) is 4.39 Å². The molecule has 7 heteroatoms. The van der Waals surface area contributed by atoms with Gasteiger partial charge in [-0.3, -0.25) is 0 Å². The monoisotopic (exact) mass is 350 g/mol. The van der Waals surface area contributed by atoms with Crippen LogP contribution in [-0.4, -0.2) is 17.6 Å².